The van der Waals surface area contributed by atoms with Crippen molar-refractivity contribution in [2.75, 3.05) is 0 Å². The van der Waals surface area contributed by atoms with Gasteiger partial charge in [-0.2, -0.15) is 9.65 Å². The molecule has 0 heterocycles. The summed E-state index contributed by atoms with van der Waals surface area (Å²) in [5.41, 5.74) is 0.263. The molecule has 0 saturated heterocycles. The van der Waals surface area contributed by atoms with Crippen molar-refractivity contribution in [2.45, 2.75) is 12.8 Å². The van der Waals surface area contributed by atoms with E-state index in [2.05, 4.69) is 0 Å². The van der Waals surface area contributed by atoms with Crippen LogP contribution in [0, 0.1) is 23.0 Å². The van der Waals surface area contributed by atoms with Gasteiger partial charge in [-0.3, -0.25) is 0 Å². The molecule has 2 nitrogen and oxygen atoms in total. The van der Waals surface area contributed by atoms with E-state index < -0.39 is 23.3 Å². The zero-order valence-corrected chi connectivity index (χ0v) is 6.88. The van der Waals surface area contributed by atoms with Gasteiger partial charge in [0.05, 0.1) is 12.0 Å². The van der Waals surface area contributed by atoms with Crippen molar-refractivity contribution in [3.05, 3.63) is 29.3 Å². The van der Waals surface area contributed by atoms with Gasteiger partial charge in [-0.1, -0.05) is 0 Å². The number of hydrogen-bond donors (Lipinski definition) is 1. The van der Waals surface area contributed by atoms with Gasteiger partial charge in [0.2, 0.25) is 0 Å². The van der Waals surface area contributed by atoms with Crippen LogP contribution < -0.4 is 0 Å². The fourth-order valence-electron chi connectivity index (χ4n) is 0.919. The van der Waals surface area contributed by atoms with E-state index in [1.54, 1.807) is 0 Å². The van der Waals surface area contributed by atoms with Crippen LogP contribution in [-0.4, -0.2) is 5.11 Å². The molecule has 0 aliphatic rings. The topological polar surface area (TPSA) is 44.0 Å². The second-order valence-corrected chi connectivity index (χ2v) is 2.69. The second-order valence-electron chi connectivity index (χ2n) is 2.69. The summed E-state index contributed by atoms with van der Waals surface area (Å²) in [7, 11) is 0. The molecule has 0 aliphatic carbocycles. The number of nitriles is 1. The number of phenols is 1. The number of rotatable bonds is 1. The SMILES string of the molecule is CC(C#N)c1cc(O)c(F)c(F)c1. The third kappa shape index (κ3) is 1.75. The molecule has 0 aliphatic heterocycles. The van der Waals surface area contributed by atoms with E-state index in [4.69, 9.17) is 10.4 Å². The molecular weight excluding hydrogens is 176 g/mol. The molecule has 0 amide bonds. The van der Waals surface area contributed by atoms with E-state index >= 15 is 0 Å². The third-order valence-electron chi connectivity index (χ3n) is 1.72. The molecule has 0 bridgehead atoms. The van der Waals surface area contributed by atoms with E-state index in [1.807, 2.05) is 6.07 Å². The molecule has 1 N–H and O–H groups in total. The van der Waals surface area contributed by atoms with Crippen LogP contribution in [0.3, 0.4) is 0 Å². The van der Waals surface area contributed by atoms with Gasteiger partial charge in [-0.15, -0.1) is 0 Å². The molecule has 1 rings (SSSR count). The highest BCUT2D eigenvalue weighted by Crippen LogP contribution is 2.24. The largest absolute Gasteiger partial charge is 0.505 e. The van der Waals surface area contributed by atoms with Gasteiger partial charge in [0.1, 0.15) is 0 Å². The summed E-state index contributed by atoms with van der Waals surface area (Å²) in [6.45, 7) is 1.53. The Labute approximate surface area is 74.0 Å². The molecule has 0 spiro atoms. The van der Waals surface area contributed by atoms with Crippen LogP contribution in [0.5, 0.6) is 5.75 Å². The normalized spacial score (nSPS) is 12.2. The molecule has 0 saturated carbocycles. The first-order valence-corrected chi connectivity index (χ1v) is 3.63. The van der Waals surface area contributed by atoms with Gasteiger partial charge in [-0.05, 0) is 24.6 Å². The maximum Gasteiger partial charge on any atom is 0.200 e. The Morgan fingerprint density at radius 1 is 1.46 bits per heavy atom. The van der Waals surface area contributed by atoms with Crippen LogP contribution in [-0.2, 0) is 0 Å². The van der Waals surface area contributed by atoms with E-state index in [0.29, 0.717) is 0 Å². The first kappa shape index (κ1) is 9.46. The van der Waals surface area contributed by atoms with Gasteiger partial charge < -0.3 is 5.11 Å². The van der Waals surface area contributed by atoms with Crippen LogP contribution >= 0.6 is 0 Å². The number of aromatic hydroxyl groups is 1. The Hall–Kier alpha value is -1.63. The molecule has 68 valence electrons. The predicted molar refractivity (Wildman–Crippen MR) is 42.1 cm³/mol. The molecular formula is C9H7F2NO. The Morgan fingerprint density at radius 2 is 2.08 bits per heavy atom. The maximum absolute atomic E-state index is 12.7. The fraction of sp³-hybridized carbons (Fsp3) is 0.222. The molecule has 1 aromatic carbocycles. The Morgan fingerprint density at radius 3 is 2.54 bits per heavy atom. The lowest BCUT2D eigenvalue weighted by Gasteiger charge is -2.04. The summed E-state index contributed by atoms with van der Waals surface area (Å²) in [4.78, 5) is 0. The molecule has 1 atom stereocenters. The van der Waals surface area contributed by atoms with Crippen molar-refractivity contribution in [3.63, 3.8) is 0 Å². The molecule has 1 unspecified atom stereocenters. The number of halogens is 2. The Bertz CT molecular complexity index is 347. The Balaban J connectivity index is 3.22. The fourth-order valence-corrected chi connectivity index (χ4v) is 0.919. The standard InChI is InChI=1S/C9H7F2NO/c1-5(4-12)6-2-7(10)9(11)8(13)3-6/h2-3,5,13H,1H3. The van der Waals surface area contributed by atoms with Gasteiger partial charge in [0.25, 0.3) is 0 Å². The number of hydrogen-bond acceptors (Lipinski definition) is 2. The van der Waals surface area contributed by atoms with Crippen molar-refractivity contribution in [3.8, 4) is 11.8 Å². The summed E-state index contributed by atoms with van der Waals surface area (Å²) < 4.78 is 25.3. The second kappa shape index (κ2) is 3.40. The van der Waals surface area contributed by atoms with E-state index in [0.717, 1.165) is 12.1 Å². The van der Waals surface area contributed by atoms with Crippen molar-refractivity contribution < 1.29 is 13.9 Å². The van der Waals surface area contributed by atoms with Crippen LogP contribution in [0.1, 0.15) is 18.4 Å². The minimum Gasteiger partial charge on any atom is -0.505 e. The lowest BCUT2D eigenvalue weighted by atomic mass is 10.0. The molecule has 0 aromatic heterocycles. The summed E-state index contributed by atoms with van der Waals surface area (Å²) >= 11 is 0. The highest BCUT2D eigenvalue weighted by Gasteiger charge is 2.12. The average Bonchev–Trinajstić information content (AvgIpc) is 2.12. The zero-order chi connectivity index (χ0) is 10.0. The van der Waals surface area contributed by atoms with Crippen molar-refractivity contribution >= 4 is 0 Å². The summed E-state index contributed by atoms with van der Waals surface area (Å²) in [6, 6.07) is 3.81. The molecule has 0 radical (unpaired) electrons. The monoisotopic (exact) mass is 183 g/mol. The first-order valence-electron chi connectivity index (χ1n) is 3.63. The molecule has 13 heavy (non-hydrogen) atoms. The average molecular weight is 183 g/mol. The van der Waals surface area contributed by atoms with E-state index in [-0.39, 0.29) is 5.56 Å². The van der Waals surface area contributed by atoms with E-state index in [9.17, 15) is 8.78 Å². The minimum atomic E-state index is -1.28. The number of phenolic OH excluding ortho intramolecular Hbond substituents is 1. The highest BCUT2D eigenvalue weighted by molar-refractivity contribution is 5.34. The van der Waals surface area contributed by atoms with Gasteiger partial charge in [0.15, 0.2) is 17.4 Å². The van der Waals surface area contributed by atoms with Crippen molar-refractivity contribution in [1.82, 2.24) is 0 Å². The quantitative estimate of drug-likeness (QED) is 0.725. The first-order chi connectivity index (χ1) is 6.06. The van der Waals surface area contributed by atoms with Crippen LogP contribution in [0.15, 0.2) is 12.1 Å². The lowest BCUT2D eigenvalue weighted by Crippen LogP contribution is -1.93. The van der Waals surface area contributed by atoms with Crippen molar-refractivity contribution in [1.29, 1.82) is 5.26 Å². The summed E-state index contributed by atoms with van der Waals surface area (Å²) in [5.74, 6) is -3.76. The minimum absolute atomic E-state index is 0.263. The number of nitrogens with zero attached hydrogens (tertiary/aromatic N) is 1. The van der Waals surface area contributed by atoms with Crippen molar-refractivity contribution in [2.24, 2.45) is 0 Å². The maximum atomic E-state index is 12.7. The smallest absolute Gasteiger partial charge is 0.200 e. The highest BCUT2D eigenvalue weighted by atomic mass is 19.2. The van der Waals surface area contributed by atoms with E-state index in [1.165, 1.54) is 6.92 Å². The van der Waals surface area contributed by atoms with Crippen LogP contribution in [0.2, 0.25) is 0 Å². The van der Waals surface area contributed by atoms with Crippen LogP contribution in [0.25, 0.3) is 0 Å². The van der Waals surface area contributed by atoms with Gasteiger partial charge in [0, 0.05) is 0 Å². The Kier molecular flexibility index (Phi) is 2.47. The zero-order valence-electron chi connectivity index (χ0n) is 6.88. The number of benzene rings is 1. The van der Waals surface area contributed by atoms with Crippen LogP contribution in [0.4, 0.5) is 8.78 Å². The molecule has 4 heteroatoms. The summed E-state index contributed by atoms with van der Waals surface area (Å²) in [5, 5.41) is 17.4. The third-order valence-corrected chi connectivity index (χ3v) is 1.72. The summed E-state index contributed by atoms with van der Waals surface area (Å²) in [6.07, 6.45) is 0. The molecule has 1 aromatic rings. The molecule has 0 fully saturated rings. The van der Waals surface area contributed by atoms with Gasteiger partial charge >= 0.3 is 0 Å². The lowest BCUT2D eigenvalue weighted by molar-refractivity contribution is 0.405. The van der Waals surface area contributed by atoms with Gasteiger partial charge in [-0.25, -0.2) is 4.39 Å². The predicted octanol–water partition coefficient (Wildman–Crippen LogP) is 2.30.